The number of rotatable bonds is 2. The molecule has 18 heavy (non-hydrogen) atoms. The monoisotopic (exact) mass is 337 g/mol. The van der Waals surface area contributed by atoms with Gasteiger partial charge in [-0.25, -0.2) is 12.8 Å². The second-order valence-corrected chi connectivity index (χ2v) is 6.83. The molecule has 1 fully saturated rings. The van der Waals surface area contributed by atoms with Crippen LogP contribution in [-0.4, -0.2) is 38.5 Å². The summed E-state index contributed by atoms with van der Waals surface area (Å²) in [5.74, 6) is -0.572. The molecule has 100 valence electrons. The molecule has 1 aromatic rings. The lowest BCUT2D eigenvalue weighted by molar-refractivity contribution is 0.0392. The lowest BCUT2D eigenvalue weighted by Crippen LogP contribution is -2.47. The average Bonchev–Trinajstić information content (AvgIpc) is 2.32. The van der Waals surface area contributed by atoms with Crippen molar-refractivity contribution in [2.75, 3.05) is 19.8 Å². The first-order chi connectivity index (χ1) is 8.43. The third-order valence-electron chi connectivity index (χ3n) is 2.79. The SMILES string of the molecule is C[C@H]1COCCN1S(=O)(=O)c1cc(F)ccc1Br. The van der Waals surface area contributed by atoms with Crippen LogP contribution in [0.25, 0.3) is 0 Å². The predicted molar refractivity (Wildman–Crippen MR) is 68.3 cm³/mol. The van der Waals surface area contributed by atoms with Crippen molar-refractivity contribution in [1.29, 1.82) is 0 Å². The van der Waals surface area contributed by atoms with Crippen molar-refractivity contribution in [2.45, 2.75) is 17.9 Å². The number of ether oxygens (including phenoxy) is 1. The van der Waals surface area contributed by atoms with Crippen LogP contribution in [0.5, 0.6) is 0 Å². The number of halogens is 2. The zero-order valence-corrected chi connectivity index (χ0v) is 12.2. The summed E-state index contributed by atoms with van der Waals surface area (Å²) in [6.07, 6.45) is 0. The fraction of sp³-hybridized carbons (Fsp3) is 0.455. The minimum atomic E-state index is -3.70. The second kappa shape index (κ2) is 5.24. The van der Waals surface area contributed by atoms with Crippen LogP contribution >= 0.6 is 15.9 Å². The van der Waals surface area contributed by atoms with E-state index in [0.29, 0.717) is 17.7 Å². The van der Waals surface area contributed by atoms with E-state index in [4.69, 9.17) is 4.74 Å². The molecule has 1 saturated heterocycles. The van der Waals surface area contributed by atoms with Crippen LogP contribution in [0.15, 0.2) is 27.6 Å². The van der Waals surface area contributed by atoms with Gasteiger partial charge in [0.1, 0.15) is 5.82 Å². The Kier molecular flexibility index (Phi) is 4.05. The third kappa shape index (κ3) is 2.59. The van der Waals surface area contributed by atoms with Crippen LogP contribution in [0.4, 0.5) is 4.39 Å². The Morgan fingerprint density at radius 1 is 1.50 bits per heavy atom. The minimum absolute atomic E-state index is 0.0451. The number of benzene rings is 1. The van der Waals surface area contributed by atoms with Gasteiger partial charge in [0, 0.05) is 17.1 Å². The van der Waals surface area contributed by atoms with Crippen molar-refractivity contribution in [2.24, 2.45) is 0 Å². The first kappa shape index (κ1) is 13.9. The van der Waals surface area contributed by atoms with Crippen molar-refractivity contribution < 1.29 is 17.5 Å². The number of morpholine rings is 1. The highest BCUT2D eigenvalue weighted by atomic mass is 79.9. The molecule has 0 bridgehead atoms. The first-order valence-corrected chi connectivity index (χ1v) is 7.71. The molecule has 0 amide bonds. The lowest BCUT2D eigenvalue weighted by Gasteiger charge is -2.32. The van der Waals surface area contributed by atoms with Crippen molar-refractivity contribution in [1.82, 2.24) is 4.31 Å². The Morgan fingerprint density at radius 3 is 2.89 bits per heavy atom. The van der Waals surface area contributed by atoms with E-state index in [1.165, 1.54) is 16.4 Å². The molecule has 0 spiro atoms. The Hall–Kier alpha value is -0.500. The van der Waals surface area contributed by atoms with Gasteiger partial charge in [0.05, 0.1) is 18.1 Å². The largest absolute Gasteiger partial charge is 0.378 e. The maximum atomic E-state index is 13.2. The maximum Gasteiger partial charge on any atom is 0.244 e. The van der Waals surface area contributed by atoms with Crippen LogP contribution in [0, 0.1) is 5.82 Å². The normalized spacial score (nSPS) is 22.1. The van der Waals surface area contributed by atoms with Gasteiger partial charge < -0.3 is 4.74 Å². The number of nitrogens with zero attached hydrogens (tertiary/aromatic N) is 1. The molecule has 0 N–H and O–H groups in total. The van der Waals surface area contributed by atoms with Gasteiger partial charge in [-0.2, -0.15) is 4.31 Å². The molecule has 0 radical (unpaired) electrons. The minimum Gasteiger partial charge on any atom is -0.378 e. The molecular weight excluding hydrogens is 325 g/mol. The molecular formula is C11H13BrFNO3S. The highest BCUT2D eigenvalue weighted by Crippen LogP contribution is 2.27. The van der Waals surface area contributed by atoms with Crippen LogP contribution in [0.3, 0.4) is 0 Å². The maximum absolute atomic E-state index is 13.2. The van der Waals surface area contributed by atoms with Gasteiger partial charge in [0.25, 0.3) is 0 Å². The zero-order valence-electron chi connectivity index (χ0n) is 9.77. The Balaban J connectivity index is 2.44. The van der Waals surface area contributed by atoms with Crippen molar-refractivity contribution in [3.05, 3.63) is 28.5 Å². The smallest absolute Gasteiger partial charge is 0.244 e. The average molecular weight is 338 g/mol. The van der Waals surface area contributed by atoms with Gasteiger partial charge in [-0.15, -0.1) is 0 Å². The highest BCUT2D eigenvalue weighted by molar-refractivity contribution is 9.10. The van der Waals surface area contributed by atoms with E-state index in [0.717, 1.165) is 6.07 Å². The van der Waals surface area contributed by atoms with Gasteiger partial charge in [-0.05, 0) is 41.1 Å². The van der Waals surface area contributed by atoms with E-state index in [2.05, 4.69) is 15.9 Å². The van der Waals surface area contributed by atoms with Gasteiger partial charge in [0.15, 0.2) is 0 Å². The van der Waals surface area contributed by atoms with Crippen molar-refractivity contribution >= 4 is 26.0 Å². The first-order valence-electron chi connectivity index (χ1n) is 5.47. The van der Waals surface area contributed by atoms with E-state index in [9.17, 15) is 12.8 Å². The summed E-state index contributed by atoms with van der Waals surface area (Å²) in [5.41, 5.74) is 0. The van der Waals surface area contributed by atoms with Gasteiger partial charge in [-0.1, -0.05) is 0 Å². The molecule has 1 atom stereocenters. The Morgan fingerprint density at radius 2 is 2.22 bits per heavy atom. The summed E-state index contributed by atoms with van der Waals surface area (Å²) in [6.45, 7) is 2.76. The molecule has 7 heteroatoms. The quantitative estimate of drug-likeness (QED) is 0.829. The number of hydrogen-bond acceptors (Lipinski definition) is 3. The van der Waals surface area contributed by atoms with Gasteiger partial charge in [-0.3, -0.25) is 0 Å². The fourth-order valence-corrected chi connectivity index (χ4v) is 4.41. The molecule has 0 aromatic heterocycles. The summed E-state index contributed by atoms with van der Waals surface area (Å²) in [4.78, 5) is -0.0451. The summed E-state index contributed by atoms with van der Waals surface area (Å²) in [5, 5.41) is 0. The molecule has 0 unspecified atom stereocenters. The highest BCUT2D eigenvalue weighted by Gasteiger charge is 2.32. The number of hydrogen-bond donors (Lipinski definition) is 0. The van der Waals surface area contributed by atoms with E-state index < -0.39 is 15.8 Å². The van der Waals surface area contributed by atoms with E-state index in [1.54, 1.807) is 6.92 Å². The van der Waals surface area contributed by atoms with E-state index in [1.807, 2.05) is 0 Å². The molecule has 0 saturated carbocycles. The molecule has 0 aliphatic carbocycles. The molecule has 1 heterocycles. The van der Waals surface area contributed by atoms with Crippen molar-refractivity contribution in [3.8, 4) is 0 Å². The predicted octanol–water partition coefficient (Wildman–Crippen LogP) is 2.00. The third-order valence-corrected chi connectivity index (χ3v) is 5.79. The summed E-state index contributed by atoms with van der Waals surface area (Å²) in [6, 6.07) is 3.39. The van der Waals surface area contributed by atoms with Crippen LogP contribution in [-0.2, 0) is 14.8 Å². The molecule has 1 aromatic carbocycles. The Bertz CT molecular complexity index is 549. The van der Waals surface area contributed by atoms with Gasteiger partial charge in [0.2, 0.25) is 10.0 Å². The van der Waals surface area contributed by atoms with E-state index in [-0.39, 0.29) is 17.5 Å². The number of sulfonamides is 1. The second-order valence-electron chi connectivity index (χ2n) is 4.11. The van der Waals surface area contributed by atoms with Gasteiger partial charge >= 0.3 is 0 Å². The lowest BCUT2D eigenvalue weighted by atomic mass is 10.3. The topological polar surface area (TPSA) is 46.6 Å². The van der Waals surface area contributed by atoms with Crippen LogP contribution in [0.1, 0.15) is 6.92 Å². The molecule has 1 aliphatic heterocycles. The van der Waals surface area contributed by atoms with E-state index >= 15 is 0 Å². The molecule has 4 nitrogen and oxygen atoms in total. The zero-order chi connectivity index (χ0) is 13.3. The van der Waals surface area contributed by atoms with Crippen LogP contribution in [0.2, 0.25) is 0 Å². The van der Waals surface area contributed by atoms with Crippen molar-refractivity contribution in [3.63, 3.8) is 0 Å². The summed E-state index contributed by atoms with van der Waals surface area (Å²) >= 11 is 3.15. The fourth-order valence-electron chi connectivity index (χ4n) is 1.87. The summed E-state index contributed by atoms with van der Waals surface area (Å²) < 4.78 is 45.0. The Labute approximate surface area is 114 Å². The van der Waals surface area contributed by atoms with Crippen LogP contribution < -0.4 is 0 Å². The summed E-state index contributed by atoms with van der Waals surface area (Å²) in [7, 11) is -3.70. The molecule has 2 rings (SSSR count). The standard InChI is InChI=1S/C11H13BrFNO3S/c1-8-7-17-5-4-14(8)18(15,16)11-6-9(13)2-3-10(11)12/h2-3,6,8H,4-5,7H2,1H3/t8-/m0/s1. The molecule has 1 aliphatic rings.